The maximum absolute atomic E-state index is 12.7. The lowest BCUT2D eigenvalue weighted by Crippen LogP contribution is -2.14. The number of aryl methyl sites for hydroxylation is 1. The first kappa shape index (κ1) is 21.1. The quantitative estimate of drug-likeness (QED) is 0.402. The van der Waals surface area contributed by atoms with Crippen molar-refractivity contribution in [1.82, 2.24) is 20.0 Å². The first-order valence-corrected chi connectivity index (χ1v) is 11.1. The number of aromatic nitrogens is 4. The van der Waals surface area contributed by atoms with E-state index in [-0.39, 0.29) is 11.6 Å². The van der Waals surface area contributed by atoms with Gasteiger partial charge in [0.05, 0.1) is 12.2 Å². The second-order valence-electron chi connectivity index (χ2n) is 6.90. The van der Waals surface area contributed by atoms with Gasteiger partial charge in [0.15, 0.2) is 5.69 Å². The lowest BCUT2D eigenvalue weighted by molar-refractivity contribution is 0.102. The first-order chi connectivity index (χ1) is 14.9. The van der Waals surface area contributed by atoms with Crippen molar-refractivity contribution in [3.8, 4) is 11.5 Å². The molecule has 0 bridgehead atoms. The fraction of sp³-hybridized carbons (Fsp3) is 0.182. The molecule has 0 saturated carbocycles. The van der Waals surface area contributed by atoms with Gasteiger partial charge in [0.2, 0.25) is 5.89 Å². The van der Waals surface area contributed by atoms with E-state index in [1.54, 1.807) is 35.5 Å². The summed E-state index contributed by atoms with van der Waals surface area (Å²) in [6.45, 7) is 3.99. The summed E-state index contributed by atoms with van der Waals surface area (Å²) in [6, 6.07) is 15.0. The Morgan fingerprint density at radius 3 is 2.77 bits per heavy atom. The monoisotopic (exact) mass is 453 g/mol. The standard InChI is InChI=1S/C22H20ClN5O2S/c1-13-20(21(29)24-17-8-5-9-18(11-17)31-3)26-27-28(13)12-19-14(2)30-22(25-19)15-6-4-7-16(23)10-15/h4-11H,12H2,1-3H3,(H,24,29). The molecule has 0 spiro atoms. The second-order valence-corrected chi connectivity index (χ2v) is 8.22. The minimum absolute atomic E-state index is 0.269. The van der Waals surface area contributed by atoms with Gasteiger partial charge in [0, 0.05) is 21.2 Å². The predicted octanol–water partition coefficient (Wildman–Crippen LogP) is 5.23. The molecule has 7 nitrogen and oxygen atoms in total. The lowest BCUT2D eigenvalue weighted by atomic mass is 10.2. The zero-order chi connectivity index (χ0) is 22.0. The molecule has 4 rings (SSSR count). The average molecular weight is 454 g/mol. The zero-order valence-corrected chi connectivity index (χ0v) is 18.8. The number of carbonyl (C=O) groups excluding carboxylic acids is 1. The van der Waals surface area contributed by atoms with Crippen LogP contribution in [0.3, 0.4) is 0 Å². The molecular weight excluding hydrogens is 434 g/mol. The van der Waals surface area contributed by atoms with Crippen LogP contribution in [0.5, 0.6) is 0 Å². The van der Waals surface area contributed by atoms with Gasteiger partial charge in [-0.3, -0.25) is 4.79 Å². The molecule has 2 heterocycles. The molecule has 0 aliphatic rings. The number of oxazole rings is 1. The SMILES string of the molecule is CSc1cccc(NC(=O)c2nnn(Cc3nc(-c4cccc(Cl)c4)oc3C)c2C)c1. The Kier molecular flexibility index (Phi) is 6.11. The molecule has 1 N–H and O–H groups in total. The fourth-order valence-electron chi connectivity index (χ4n) is 3.07. The van der Waals surface area contributed by atoms with Crippen LogP contribution < -0.4 is 5.32 Å². The largest absolute Gasteiger partial charge is 0.441 e. The number of nitrogens with one attached hydrogen (secondary N) is 1. The van der Waals surface area contributed by atoms with Crippen molar-refractivity contribution in [3.05, 3.63) is 76.4 Å². The molecule has 0 atom stereocenters. The predicted molar refractivity (Wildman–Crippen MR) is 122 cm³/mol. The Morgan fingerprint density at radius 2 is 2.00 bits per heavy atom. The maximum Gasteiger partial charge on any atom is 0.278 e. The normalized spacial score (nSPS) is 11.0. The van der Waals surface area contributed by atoms with E-state index >= 15 is 0 Å². The lowest BCUT2D eigenvalue weighted by Gasteiger charge is -2.06. The molecule has 31 heavy (non-hydrogen) atoms. The van der Waals surface area contributed by atoms with Gasteiger partial charge in [-0.05, 0) is 56.5 Å². The van der Waals surface area contributed by atoms with Crippen molar-refractivity contribution in [2.75, 3.05) is 11.6 Å². The summed E-state index contributed by atoms with van der Waals surface area (Å²) in [5.74, 6) is 0.850. The summed E-state index contributed by atoms with van der Waals surface area (Å²) in [4.78, 5) is 18.4. The van der Waals surface area contributed by atoms with E-state index < -0.39 is 0 Å². The molecule has 0 unspecified atom stereocenters. The van der Waals surface area contributed by atoms with Crippen LogP contribution in [0, 0.1) is 13.8 Å². The minimum atomic E-state index is -0.307. The molecule has 0 saturated heterocycles. The zero-order valence-electron chi connectivity index (χ0n) is 17.2. The molecule has 9 heteroatoms. The number of halogens is 1. The molecule has 0 aliphatic heterocycles. The fourth-order valence-corrected chi connectivity index (χ4v) is 3.72. The van der Waals surface area contributed by atoms with Gasteiger partial charge in [-0.1, -0.05) is 28.9 Å². The van der Waals surface area contributed by atoms with Gasteiger partial charge in [0.1, 0.15) is 11.5 Å². The van der Waals surface area contributed by atoms with E-state index in [9.17, 15) is 4.79 Å². The molecule has 4 aromatic rings. The highest BCUT2D eigenvalue weighted by Gasteiger charge is 2.19. The highest BCUT2D eigenvalue weighted by atomic mass is 35.5. The Morgan fingerprint density at radius 1 is 1.19 bits per heavy atom. The number of nitrogens with zero attached hydrogens (tertiary/aromatic N) is 4. The number of hydrogen-bond acceptors (Lipinski definition) is 6. The summed E-state index contributed by atoms with van der Waals surface area (Å²) in [5, 5.41) is 11.7. The average Bonchev–Trinajstić information content (AvgIpc) is 3.31. The molecule has 2 aromatic carbocycles. The number of amides is 1. The minimum Gasteiger partial charge on any atom is -0.441 e. The molecular formula is C22H20ClN5O2S. The Hall–Kier alpha value is -3.10. The van der Waals surface area contributed by atoms with Crippen LogP contribution in [0.25, 0.3) is 11.5 Å². The van der Waals surface area contributed by atoms with E-state index in [0.29, 0.717) is 40.3 Å². The third kappa shape index (κ3) is 4.65. The summed E-state index contributed by atoms with van der Waals surface area (Å²) >= 11 is 7.68. The van der Waals surface area contributed by atoms with Crippen LogP contribution in [-0.2, 0) is 6.54 Å². The molecule has 0 fully saturated rings. The van der Waals surface area contributed by atoms with Crippen LogP contribution in [0.15, 0.2) is 57.8 Å². The Labute approximate surface area is 188 Å². The number of carbonyl (C=O) groups is 1. The number of benzene rings is 2. The molecule has 1 amide bonds. The molecule has 0 aliphatic carbocycles. The summed E-state index contributed by atoms with van der Waals surface area (Å²) < 4.78 is 7.45. The van der Waals surface area contributed by atoms with Gasteiger partial charge in [-0.15, -0.1) is 16.9 Å². The van der Waals surface area contributed by atoms with E-state index in [1.165, 1.54) is 0 Å². The number of hydrogen-bond donors (Lipinski definition) is 1. The molecule has 0 radical (unpaired) electrons. The van der Waals surface area contributed by atoms with Crippen LogP contribution >= 0.6 is 23.4 Å². The van der Waals surface area contributed by atoms with Crippen molar-refractivity contribution >= 4 is 35.0 Å². The van der Waals surface area contributed by atoms with E-state index in [4.69, 9.17) is 16.0 Å². The van der Waals surface area contributed by atoms with Gasteiger partial charge in [-0.2, -0.15) is 0 Å². The van der Waals surface area contributed by atoms with Gasteiger partial charge < -0.3 is 9.73 Å². The molecule has 158 valence electrons. The van der Waals surface area contributed by atoms with E-state index in [0.717, 1.165) is 10.5 Å². The number of anilines is 1. The Bertz CT molecular complexity index is 1250. The highest BCUT2D eigenvalue weighted by Crippen LogP contribution is 2.25. The van der Waals surface area contributed by atoms with E-state index in [2.05, 4.69) is 20.6 Å². The van der Waals surface area contributed by atoms with Crippen LogP contribution in [0.4, 0.5) is 5.69 Å². The number of thioether (sulfide) groups is 1. The van der Waals surface area contributed by atoms with Crippen LogP contribution in [0.1, 0.15) is 27.6 Å². The third-order valence-electron chi connectivity index (χ3n) is 4.79. The smallest absolute Gasteiger partial charge is 0.278 e. The van der Waals surface area contributed by atoms with Gasteiger partial charge >= 0.3 is 0 Å². The third-order valence-corrected chi connectivity index (χ3v) is 5.75. The summed E-state index contributed by atoms with van der Waals surface area (Å²) in [5.41, 5.74) is 3.13. The van der Waals surface area contributed by atoms with Gasteiger partial charge in [-0.25, -0.2) is 9.67 Å². The van der Waals surface area contributed by atoms with E-state index in [1.807, 2.05) is 49.6 Å². The van der Waals surface area contributed by atoms with Crippen molar-refractivity contribution < 1.29 is 9.21 Å². The van der Waals surface area contributed by atoms with Crippen molar-refractivity contribution in [1.29, 1.82) is 0 Å². The number of rotatable bonds is 6. The van der Waals surface area contributed by atoms with Crippen molar-refractivity contribution in [2.24, 2.45) is 0 Å². The topological polar surface area (TPSA) is 85.8 Å². The first-order valence-electron chi connectivity index (χ1n) is 9.52. The van der Waals surface area contributed by atoms with Crippen molar-refractivity contribution in [3.63, 3.8) is 0 Å². The van der Waals surface area contributed by atoms with Crippen molar-refractivity contribution in [2.45, 2.75) is 25.3 Å². The van der Waals surface area contributed by atoms with Crippen LogP contribution in [0.2, 0.25) is 5.02 Å². The summed E-state index contributed by atoms with van der Waals surface area (Å²) in [7, 11) is 0. The van der Waals surface area contributed by atoms with Crippen LogP contribution in [-0.4, -0.2) is 32.1 Å². The molecule has 2 aromatic heterocycles. The highest BCUT2D eigenvalue weighted by molar-refractivity contribution is 7.98. The van der Waals surface area contributed by atoms with Gasteiger partial charge in [0.25, 0.3) is 5.91 Å². The maximum atomic E-state index is 12.7. The Balaban J connectivity index is 1.53. The second kappa shape index (κ2) is 8.95. The summed E-state index contributed by atoms with van der Waals surface area (Å²) in [6.07, 6.45) is 1.99.